The van der Waals surface area contributed by atoms with Gasteiger partial charge in [-0.05, 0) is 63.2 Å². The maximum absolute atomic E-state index is 12.7. The summed E-state index contributed by atoms with van der Waals surface area (Å²) in [6.07, 6.45) is 10.4. The quantitative estimate of drug-likeness (QED) is 0.0438. The molecule has 0 amide bonds. The van der Waals surface area contributed by atoms with E-state index in [0.717, 1.165) is 51.4 Å². The van der Waals surface area contributed by atoms with Gasteiger partial charge >= 0.3 is 35.8 Å². The molecule has 0 spiro atoms. The molecule has 0 bridgehead atoms. The van der Waals surface area contributed by atoms with Crippen molar-refractivity contribution in [1.82, 2.24) is 0 Å². The van der Waals surface area contributed by atoms with Crippen molar-refractivity contribution >= 4 is 35.8 Å². The van der Waals surface area contributed by atoms with Gasteiger partial charge in [-0.25, -0.2) is 0 Å². The third kappa shape index (κ3) is 23.2. The molecule has 0 aliphatic rings. The molecule has 0 aromatic rings. The highest BCUT2D eigenvalue weighted by Gasteiger charge is 2.38. The highest BCUT2D eigenvalue weighted by atomic mass is 16.5. The third-order valence-electron chi connectivity index (χ3n) is 8.49. The van der Waals surface area contributed by atoms with Crippen LogP contribution in [-0.2, 0) is 47.7 Å². The molecule has 48 heavy (non-hydrogen) atoms. The minimum atomic E-state index is -1.64. The number of esters is 4. The molecule has 0 aliphatic heterocycles. The van der Waals surface area contributed by atoms with Crippen molar-refractivity contribution in [2.45, 2.75) is 143 Å². The van der Waals surface area contributed by atoms with Crippen molar-refractivity contribution < 1.29 is 57.9 Å². The summed E-state index contributed by atoms with van der Waals surface area (Å²) in [5.74, 6) is -7.84. The Labute approximate surface area is 287 Å². The fraction of sp³-hybridized carbons (Fsp3) is 0.833. The number of hydrogen-bond donors (Lipinski definition) is 2. The van der Waals surface area contributed by atoms with Crippen molar-refractivity contribution in [3.05, 3.63) is 0 Å². The molecule has 4 unspecified atom stereocenters. The van der Waals surface area contributed by atoms with E-state index in [9.17, 15) is 39.0 Å². The molecule has 0 heterocycles. The summed E-state index contributed by atoms with van der Waals surface area (Å²) in [5.41, 5.74) is 0. The molecule has 0 radical (unpaired) electrons. The number of unbranched alkanes of at least 4 members (excludes halogenated alkanes) is 6. The van der Waals surface area contributed by atoms with Crippen LogP contribution >= 0.6 is 0 Å². The molecule has 0 aliphatic carbocycles. The second-order valence-corrected chi connectivity index (χ2v) is 12.6. The Bertz CT molecular complexity index is 934. The first-order valence-electron chi connectivity index (χ1n) is 18.1. The minimum Gasteiger partial charge on any atom is -0.481 e. The molecule has 12 nitrogen and oxygen atoms in total. The predicted octanol–water partition coefficient (Wildman–Crippen LogP) is 6.89. The second kappa shape index (κ2) is 28.8. The van der Waals surface area contributed by atoms with Crippen molar-refractivity contribution in [2.24, 2.45) is 23.7 Å². The maximum atomic E-state index is 12.7. The van der Waals surface area contributed by atoms with Gasteiger partial charge in [-0.15, -0.1) is 0 Å². The normalized spacial score (nSPS) is 13.5. The molecular weight excluding hydrogens is 624 g/mol. The summed E-state index contributed by atoms with van der Waals surface area (Å²) < 4.78 is 21.1. The lowest BCUT2D eigenvalue weighted by Crippen LogP contribution is -2.35. The molecule has 4 atom stereocenters. The fourth-order valence-corrected chi connectivity index (χ4v) is 5.14. The van der Waals surface area contributed by atoms with E-state index in [0.29, 0.717) is 63.6 Å². The smallest absolute Gasteiger partial charge is 0.310 e. The second-order valence-electron chi connectivity index (χ2n) is 12.6. The number of carbonyl (C=O) groups excluding carboxylic acids is 4. The van der Waals surface area contributed by atoms with Crippen LogP contribution in [0.3, 0.4) is 0 Å². The molecule has 0 saturated heterocycles. The largest absolute Gasteiger partial charge is 0.481 e. The molecular formula is C36H62O12. The lowest BCUT2D eigenvalue weighted by molar-refractivity contribution is -0.164. The summed E-state index contributed by atoms with van der Waals surface area (Å²) in [6.45, 7) is 9.14. The third-order valence-corrected chi connectivity index (χ3v) is 8.49. The van der Waals surface area contributed by atoms with Gasteiger partial charge < -0.3 is 29.2 Å². The van der Waals surface area contributed by atoms with E-state index in [1.807, 2.05) is 0 Å². The highest BCUT2D eigenvalue weighted by Crippen LogP contribution is 2.24. The summed E-state index contributed by atoms with van der Waals surface area (Å²) in [4.78, 5) is 72.6. The number of carboxylic acid groups (broad SMARTS) is 2. The van der Waals surface area contributed by atoms with Crippen molar-refractivity contribution in [3.63, 3.8) is 0 Å². The van der Waals surface area contributed by atoms with E-state index in [1.54, 1.807) is 0 Å². The van der Waals surface area contributed by atoms with E-state index in [-0.39, 0.29) is 38.0 Å². The van der Waals surface area contributed by atoms with Crippen LogP contribution in [0.4, 0.5) is 0 Å². The molecule has 0 rings (SSSR count). The van der Waals surface area contributed by atoms with Gasteiger partial charge in [0.25, 0.3) is 0 Å². The number of rotatable bonds is 31. The van der Waals surface area contributed by atoms with Crippen molar-refractivity contribution in [2.75, 3.05) is 26.4 Å². The first-order chi connectivity index (χ1) is 23.0. The lowest BCUT2D eigenvalue weighted by Gasteiger charge is -2.21. The van der Waals surface area contributed by atoms with E-state index in [1.165, 1.54) is 0 Å². The minimum absolute atomic E-state index is 0.00518. The Hall–Kier alpha value is -3.18. The van der Waals surface area contributed by atoms with E-state index in [4.69, 9.17) is 18.9 Å². The number of carbonyl (C=O) groups is 6. The van der Waals surface area contributed by atoms with Crippen LogP contribution in [0.2, 0.25) is 0 Å². The summed E-state index contributed by atoms with van der Waals surface area (Å²) in [7, 11) is 0. The van der Waals surface area contributed by atoms with Crippen LogP contribution in [0.1, 0.15) is 143 Å². The topological polar surface area (TPSA) is 180 Å². The van der Waals surface area contributed by atoms with Gasteiger partial charge in [0.05, 0.1) is 51.1 Å². The first-order valence-corrected chi connectivity index (χ1v) is 18.1. The highest BCUT2D eigenvalue weighted by molar-refractivity contribution is 5.87. The standard InChI is InChI=1S/C36H62O12/c1-5-9-17-27(7-3)25-47-32(39)19-13-11-15-21-45-34(41)24-29(35(42)43)30(23-31(37)38)36(44)46-22-16-12-14-20-33(40)48-26-28(8-4)18-10-6-2/h27-30H,5-26H2,1-4H3,(H,37,38)(H,42,43). The molecule has 0 aromatic carbocycles. The van der Waals surface area contributed by atoms with Gasteiger partial charge in [-0.2, -0.15) is 0 Å². The zero-order valence-electron chi connectivity index (χ0n) is 29.8. The Morgan fingerprint density at radius 1 is 0.521 bits per heavy atom. The van der Waals surface area contributed by atoms with Crippen LogP contribution in [0, 0.1) is 23.7 Å². The number of hydrogen-bond acceptors (Lipinski definition) is 10. The molecule has 278 valence electrons. The van der Waals surface area contributed by atoms with Gasteiger partial charge in [0.15, 0.2) is 0 Å². The number of carboxylic acids is 2. The van der Waals surface area contributed by atoms with Crippen LogP contribution in [0.25, 0.3) is 0 Å². The Balaban J connectivity index is 4.52. The average Bonchev–Trinajstić information content (AvgIpc) is 3.05. The van der Waals surface area contributed by atoms with Crippen LogP contribution < -0.4 is 0 Å². The van der Waals surface area contributed by atoms with Crippen LogP contribution in [0.15, 0.2) is 0 Å². The van der Waals surface area contributed by atoms with Gasteiger partial charge in [-0.3, -0.25) is 28.8 Å². The monoisotopic (exact) mass is 686 g/mol. The zero-order valence-corrected chi connectivity index (χ0v) is 29.8. The van der Waals surface area contributed by atoms with Gasteiger partial charge in [0.1, 0.15) is 0 Å². The predicted molar refractivity (Wildman–Crippen MR) is 179 cm³/mol. The number of ether oxygens (including phenoxy) is 4. The summed E-state index contributed by atoms with van der Waals surface area (Å²) in [6, 6.07) is 0. The Morgan fingerprint density at radius 3 is 1.42 bits per heavy atom. The molecule has 0 fully saturated rings. The summed E-state index contributed by atoms with van der Waals surface area (Å²) in [5, 5.41) is 19.0. The van der Waals surface area contributed by atoms with Gasteiger partial charge in [0, 0.05) is 12.8 Å². The van der Waals surface area contributed by atoms with Crippen LogP contribution in [-0.4, -0.2) is 72.5 Å². The van der Waals surface area contributed by atoms with E-state index in [2.05, 4.69) is 27.7 Å². The zero-order chi connectivity index (χ0) is 36.2. The maximum Gasteiger partial charge on any atom is 0.310 e. The SMILES string of the molecule is CCCCC(CC)COC(=O)CCCCCOC(=O)CC(C(=O)O)C(CC(=O)O)C(=O)OCCCCCC(=O)OCC(CC)CCCC. The van der Waals surface area contributed by atoms with E-state index >= 15 is 0 Å². The van der Waals surface area contributed by atoms with Crippen molar-refractivity contribution in [3.8, 4) is 0 Å². The van der Waals surface area contributed by atoms with Crippen LogP contribution in [0.5, 0.6) is 0 Å². The summed E-state index contributed by atoms with van der Waals surface area (Å²) >= 11 is 0. The lowest BCUT2D eigenvalue weighted by atomic mass is 9.87. The molecule has 0 saturated carbocycles. The van der Waals surface area contributed by atoms with E-state index < -0.39 is 48.6 Å². The van der Waals surface area contributed by atoms with Crippen molar-refractivity contribution in [1.29, 1.82) is 0 Å². The molecule has 2 N–H and O–H groups in total. The fourth-order valence-electron chi connectivity index (χ4n) is 5.14. The average molecular weight is 687 g/mol. The van der Waals surface area contributed by atoms with Gasteiger partial charge in [0.2, 0.25) is 0 Å². The molecule has 12 heteroatoms. The first kappa shape index (κ1) is 44.8. The molecule has 0 aromatic heterocycles. The Kier molecular flexibility index (Phi) is 26.9. The number of aliphatic carboxylic acids is 2. The Morgan fingerprint density at radius 2 is 1.00 bits per heavy atom. The van der Waals surface area contributed by atoms with Gasteiger partial charge in [-0.1, -0.05) is 66.2 Å².